The number of aliphatic hydroxyl groups is 2. The van der Waals surface area contributed by atoms with Gasteiger partial charge in [-0.1, -0.05) is 0 Å². The van der Waals surface area contributed by atoms with Crippen molar-refractivity contribution in [1.82, 2.24) is 0 Å². The van der Waals surface area contributed by atoms with E-state index in [2.05, 4.69) is 0 Å². The maximum Gasteiger partial charge on any atom is 0.199 e. The van der Waals surface area contributed by atoms with Crippen LogP contribution in [-0.4, -0.2) is 21.8 Å². The van der Waals surface area contributed by atoms with Crippen molar-refractivity contribution in [2.75, 3.05) is 0 Å². The summed E-state index contributed by atoms with van der Waals surface area (Å²) in [6.45, 7) is 0. The van der Waals surface area contributed by atoms with Crippen molar-refractivity contribution in [3.63, 3.8) is 0 Å². The SMILES string of the molecule is OC1(OOC2(O)CCC2)CCC1. The zero-order valence-corrected chi connectivity index (χ0v) is 6.95. The molecule has 4 nitrogen and oxygen atoms in total. The Hall–Kier alpha value is -0.160. The molecule has 4 heteroatoms. The summed E-state index contributed by atoms with van der Waals surface area (Å²) in [7, 11) is 0. The van der Waals surface area contributed by atoms with Gasteiger partial charge in [-0.3, -0.25) is 0 Å². The first-order chi connectivity index (χ1) is 5.62. The maximum atomic E-state index is 9.43. The lowest BCUT2D eigenvalue weighted by Gasteiger charge is -2.40. The molecule has 0 aromatic carbocycles. The topological polar surface area (TPSA) is 58.9 Å². The molecule has 12 heavy (non-hydrogen) atoms. The molecular weight excluding hydrogens is 160 g/mol. The Morgan fingerprint density at radius 1 is 0.750 bits per heavy atom. The van der Waals surface area contributed by atoms with Crippen molar-refractivity contribution in [1.29, 1.82) is 0 Å². The number of hydrogen-bond donors (Lipinski definition) is 2. The van der Waals surface area contributed by atoms with E-state index in [4.69, 9.17) is 9.78 Å². The van der Waals surface area contributed by atoms with E-state index in [9.17, 15) is 10.2 Å². The number of hydrogen-bond acceptors (Lipinski definition) is 4. The lowest BCUT2D eigenvalue weighted by atomic mass is 9.91. The molecule has 70 valence electrons. The Morgan fingerprint density at radius 2 is 1.08 bits per heavy atom. The van der Waals surface area contributed by atoms with Crippen LogP contribution in [0.4, 0.5) is 0 Å². The molecule has 2 rings (SSSR count). The van der Waals surface area contributed by atoms with Gasteiger partial charge in [0, 0.05) is 25.7 Å². The molecule has 2 aliphatic rings. The van der Waals surface area contributed by atoms with Crippen LogP contribution < -0.4 is 0 Å². The zero-order chi connectivity index (χ0) is 8.66. The van der Waals surface area contributed by atoms with E-state index in [0.717, 1.165) is 12.8 Å². The molecule has 0 bridgehead atoms. The fraction of sp³-hybridized carbons (Fsp3) is 1.00. The second-order valence-corrected chi connectivity index (χ2v) is 3.77. The lowest BCUT2D eigenvalue weighted by Crippen LogP contribution is -2.46. The minimum absolute atomic E-state index is 0.600. The Morgan fingerprint density at radius 3 is 1.25 bits per heavy atom. The first-order valence-electron chi connectivity index (χ1n) is 4.44. The summed E-state index contributed by atoms with van der Waals surface area (Å²) in [5.41, 5.74) is 0. The molecule has 0 aromatic rings. The fourth-order valence-electron chi connectivity index (χ4n) is 1.28. The van der Waals surface area contributed by atoms with Gasteiger partial charge in [0.1, 0.15) is 0 Å². The van der Waals surface area contributed by atoms with E-state index in [1.165, 1.54) is 0 Å². The van der Waals surface area contributed by atoms with E-state index in [-0.39, 0.29) is 0 Å². The minimum Gasteiger partial charge on any atom is -0.363 e. The zero-order valence-electron chi connectivity index (χ0n) is 6.95. The second kappa shape index (κ2) is 2.67. The predicted octanol–water partition coefficient (Wildman–Crippen LogP) is 0.680. The van der Waals surface area contributed by atoms with Crippen molar-refractivity contribution in [2.24, 2.45) is 0 Å². The molecule has 0 aromatic heterocycles. The molecular formula is C8H14O4. The third kappa shape index (κ3) is 1.47. The molecule has 0 saturated heterocycles. The van der Waals surface area contributed by atoms with Crippen LogP contribution in [0.2, 0.25) is 0 Å². The summed E-state index contributed by atoms with van der Waals surface area (Å²) < 4.78 is 0. The van der Waals surface area contributed by atoms with Gasteiger partial charge >= 0.3 is 0 Å². The first-order valence-corrected chi connectivity index (χ1v) is 4.44. The molecule has 0 radical (unpaired) electrons. The summed E-state index contributed by atoms with van der Waals surface area (Å²) in [6, 6.07) is 0. The second-order valence-electron chi connectivity index (χ2n) is 3.77. The Balaban J connectivity index is 1.74. The molecule has 2 aliphatic carbocycles. The maximum absolute atomic E-state index is 9.43. The third-order valence-corrected chi connectivity index (χ3v) is 2.62. The van der Waals surface area contributed by atoms with E-state index < -0.39 is 11.6 Å². The van der Waals surface area contributed by atoms with Gasteiger partial charge in [-0.25, -0.2) is 0 Å². The van der Waals surface area contributed by atoms with Crippen LogP contribution >= 0.6 is 0 Å². The van der Waals surface area contributed by atoms with Crippen LogP contribution in [0.5, 0.6) is 0 Å². The highest BCUT2D eigenvalue weighted by atomic mass is 17.2. The first kappa shape index (κ1) is 8.44. The molecule has 0 spiro atoms. The van der Waals surface area contributed by atoms with Gasteiger partial charge < -0.3 is 10.2 Å². The average Bonchev–Trinajstić information content (AvgIpc) is 1.93. The molecule has 2 fully saturated rings. The standard InChI is InChI=1S/C8H14O4/c9-7(3-1-4-7)11-12-8(10)5-2-6-8/h9-10H,1-6H2. The molecule has 0 atom stereocenters. The van der Waals surface area contributed by atoms with Gasteiger partial charge in [-0.05, 0) is 12.8 Å². The average molecular weight is 174 g/mol. The van der Waals surface area contributed by atoms with Gasteiger partial charge in [0.05, 0.1) is 0 Å². The quantitative estimate of drug-likeness (QED) is 0.375. The molecule has 0 heterocycles. The molecule has 2 saturated carbocycles. The van der Waals surface area contributed by atoms with Crippen LogP contribution in [-0.2, 0) is 9.78 Å². The minimum atomic E-state index is -1.12. The third-order valence-electron chi connectivity index (χ3n) is 2.62. The van der Waals surface area contributed by atoms with Crippen LogP contribution in [0.25, 0.3) is 0 Å². The molecule has 0 amide bonds. The fourth-order valence-corrected chi connectivity index (χ4v) is 1.28. The van der Waals surface area contributed by atoms with Crippen LogP contribution in [0.1, 0.15) is 38.5 Å². The van der Waals surface area contributed by atoms with Gasteiger partial charge in [0.2, 0.25) is 0 Å². The Bertz CT molecular complexity index is 152. The summed E-state index contributed by atoms with van der Waals surface area (Å²) in [5.74, 6) is -2.24. The van der Waals surface area contributed by atoms with Crippen molar-refractivity contribution < 1.29 is 20.0 Å². The normalized spacial score (nSPS) is 30.5. The highest BCUT2D eigenvalue weighted by Crippen LogP contribution is 2.38. The van der Waals surface area contributed by atoms with Gasteiger partial charge in [0.25, 0.3) is 0 Å². The highest BCUT2D eigenvalue weighted by molar-refractivity contribution is 4.79. The summed E-state index contributed by atoms with van der Waals surface area (Å²) in [6.07, 6.45) is 4.31. The number of rotatable bonds is 3. The Labute approximate surface area is 71.0 Å². The van der Waals surface area contributed by atoms with Crippen LogP contribution in [0.15, 0.2) is 0 Å². The van der Waals surface area contributed by atoms with Crippen LogP contribution in [0, 0.1) is 0 Å². The van der Waals surface area contributed by atoms with Crippen molar-refractivity contribution in [2.45, 2.75) is 50.1 Å². The highest BCUT2D eigenvalue weighted by Gasteiger charge is 2.43. The summed E-state index contributed by atoms with van der Waals surface area (Å²) >= 11 is 0. The predicted molar refractivity (Wildman–Crippen MR) is 39.8 cm³/mol. The molecule has 0 unspecified atom stereocenters. The van der Waals surface area contributed by atoms with Gasteiger partial charge in [0.15, 0.2) is 11.6 Å². The lowest BCUT2D eigenvalue weighted by molar-refractivity contribution is -0.517. The van der Waals surface area contributed by atoms with E-state index in [1.807, 2.05) is 0 Å². The monoisotopic (exact) mass is 174 g/mol. The molecule has 0 aliphatic heterocycles. The van der Waals surface area contributed by atoms with Crippen molar-refractivity contribution in [3.8, 4) is 0 Å². The molecule has 2 N–H and O–H groups in total. The summed E-state index contributed by atoms with van der Waals surface area (Å²) in [5, 5.41) is 18.9. The van der Waals surface area contributed by atoms with Crippen molar-refractivity contribution in [3.05, 3.63) is 0 Å². The van der Waals surface area contributed by atoms with Gasteiger partial charge in [-0.2, -0.15) is 9.78 Å². The van der Waals surface area contributed by atoms with Crippen molar-refractivity contribution >= 4 is 0 Å². The van der Waals surface area contributed by atoms with Gasteiger partial charge in [-0.15, -0.1) is 0 Å². The van der Waals surface area contributed by atoms with E-state index in [1.54, 1.807) is 0 Å². The Kier molecular flexibility index (Phi) is 1.88. The van der Waals surface area contributed by atoms with Crippen LogP contribution in [0.3, 0.4) is 0 Å². The van der Waals surface area contributed by atoms with E-state index in [0.29, 0.717) is 25.7 Å². The summed E-state index contributed by atoms with van der Waals surface area (Å²) in [4.78, 5) is 9.56. The van der Waals surface area contributed by atoms with E-state index >= 15 is 0 Å². The largest absolute Gasteiger partial charge is 0.363 e. The smallest absolute Gasteiger partial charge is 0.199 e.